The van der Waals surface area contributed by atoms with Crippen LogP contribution in [0.4, 0.5) is 5.82 Å². The summed E-state index contributed by atoms with van der Waals surface area (Å²) in [5.74, 6) is 2.21. The number of hydrogen-bond acceptors (Lipinski definition) is 5. The largest absolute Gasteiger partial charge is 0.497 e. The SMILES string of the molecule is COc1ccnc(N2CCN(C(=O)C3CCNC3)CC2)c1.Cl.Cl. The Morgan fingerprint density at radius 3 is 2.65 bits per heavy atom. The number of amides is 1. The molecule has 1 atom stereocenters. The van der Waals surface area contributed by atoms with Gasteiger partial charge in [-0.2, -0.15) is 0 Å². The Morgan fingerprint density at radius 1 is 1.30 bits per heavy atom. The van der Waals surface area contributed by atoms with Gasteiger partial charge < -0.3 is 19.9 Å². The Hall–Kier alpha value is -1.24. The highest BCUT2D eigenvalue weighted by atomic mass is 35.5. The van der Waals surface area contributed by atoms with Gasteiger partial charge in [-0.3, -0.25) is 4.79 Å². The van der Waals surface area contributed by atoms with E-state index in [4.69, 9.17) is 4.74 Å². The predicted octanol–water partition coefficient (Wildman–Crippen LogP) is 1.19. The van der Waals surface area contributed by atoms with Crippen molar-refractivity contribution in [1.82, 2.24) is 15.2 Å². The van der Waals surface area contributed by atoms with Crippen LogP contribution in [0.1, 0.15) is 6.42 Å². The maximum Gasteiger partial charge on any atom is 0.227 e. The average molecular weight is 363 g/mol. The first-order valence-electron chi connectivity index (χ1n) is 7.52. The first-order valence-corrected chi connectivity index (χ1v) is 7.52. The van der Waals surface area contributed by atoms with E-state index in [-0.39, 0.29) is 30.7 Å². The molecule has 130 valence electrons. The van der Waals surface area contributed by atoms with Crippen molar-refractivity contribution in [3.63, 3.8) is 0 Å². The van der Waals surface area contributed by atoms with E-state index >= 15 is 0 Å². The second kappa shape index (κ2) is 9.15. The van der Waals surface area contributed by atoms with Crippen LogP contribution in [0.5, 0.6) is 5.75 Å². The standard InChI is InChI=1S/C15H22N4O2.2ClH/c1-21-13-3-5-17-14(10-13)18-6-8-19(9-7-18)15(20)12-2-4-16-11-12;;/h3,5,10,12,16H,2,4,6-9,11H2,1H3;2*1H. The highest BCUT2D eigenvalue weighted by Gasteiger charge is 2.29. The fourth-order valence-electron chi connectivity index (χ4n) is 2.98. The minimum absolute atomic E-state index is 0. The van der Waals surface area contributed by atoms with Crippen molar-refractivity contribution in [3.05, 3.63) is 18.3 Å². The molecule has 2 aliphatic heterocycles. The van der Waals surface area contributed by atoms with Gasteiger partial charge in [0.25, 0.3) is 0 Å². The number of pyridine rings is 1. The molecule has 3 rings (SSSR count). The third kappa shape index (κ3) is 4.62. The number of ether oxygens (including phenoxy) is 1. The fraction of sp³-hybridized carbons (Fsp3) is 0.600. The topological polar surface area (TPSA) is 57.7 Å². The van der Waals surface area contributed by atoms with Gasteiger partial charge in [0.1, 0.15) is 11.6 Å². The van der Waals surface area contributed by atoms with Gasteiger partial charge in [0.2, 0.25) is 5.91 Å². The summed E-state index contributed by atoms with van der Waals surface area (Å²) in [5, 5.41) is 3.26. The molecule has 8 heteroatoms. The lowest BCUT2D eigenvalue weighted by Gasteiger charge is -2.36. The Bertz CT molecular complexity index is 504. The second-order valence-electron chi connectivity index (χ2n) is 5.56. The molecule has 0 spiro atoms. The van der Waals surface area contributed by atoms with Gasteiger partial charge in [0.05, 0.1) is 13.0 Å². The third-order valence-corrected chi connectivity index (χ3v) is 4.28. The lowest BCUT2D eigenvalue weighted by molar-refractivity contribution is -0.135. The summed E-state index contributed by atoms with van der Waals surface area (Å²) < 4.78 is 5.23. The van der Waals surface area contributed by atoms with Crippen LogP contribution in [-0.2, 0) is 4.79 Å². The van der Waals surface area contributed by atoms with Crippen LogP contribution in [0, 0.1) is 5.92 Å². The Labute approximate surface area is 149 Å². The lowest BCUT2D eigenvalue weighted by atomic mass is 10.1. The van der Waals surface area contributed by atoms with Crippen LogP contribution in [0.15, 0.2) is 18.3 Å². The number of rotatable bonds is 3. The second-order valence-corrected chi connectivity index (χ2v) is 5.56. The monoisotopic (exact) mass is 362 g/mol. The number of carbonyl (C=O) groups excluding carboxylic acids is 1. The molecule has 2 aliphatic rings. The van der Waals surface area contributed by atoms with Gasteiger partial charge in [0.15, 0.2) is 0 Å². The first-order chi connectivity index (χ1) is 10.3. The van der Waals surface area contributed by atoms with E-state index < -0.39 is 0 Å². The van der Waals surface area contributed by atoms with E-state index in [1.807, 2.05) is 17.0 Å². The van der Waals surface area contributed by atoms with E-state index in [1.54, 1.807) is 13.3 Å². The highest BCUT2D eigenvalue weighted by molar-refractivity contribution is 5.85. The molecule has 0 radical (unpaired) electrons. The zero-order chi connectivity index (χ0) is 14.7. The van der Waals surface area contributed by atoms with Gasteiger partial charge >= 0.3 is 0 Å². The van der Waals surface area contributed by atoms with Gasteiger partial charge in [-0.05, 0) is 19.0 Å². The number of nitrogens with one attached hydrogen (secondary N) is 1. The van der Waals surface area contributed by atoms with Crippen molar-refractivity contribution in [3.8, 4) is 5.75 Å². The van der Waals surface area contributed by atoms with Gasteiger partial charge in [-0.25, -0.2) is 4.98 Å². The smallest absolute Gasteiger partial charge is 0.227 e. The van der Waals surface area contributed by atoms with Gasteiger partial charge in [0, 0.05) is 45.0 Å². The Morgan fingerprint density at radius 2 is 2.04 bits per heavy atom. The van der Waals surface area contributed by atoms with Crippen molar-refractivity contribution >= 4 is 36.5 Å². The molecule has 1 aromatic heterocycles. The quantitative estimate of drug-likeness (QED) is 0.875. The van der Waals surface area contributed by atoms with Crippen molar-refractivity contribution < 1.29 is 9.53 Å². The predicted molar refractivity (Wildman–Crippen MR) is 95.1 cm³/mol. The molecule has 1 unspecified atom stereocenters. The van der Waals surface area contributed by atoms with Crippen molar-refractivity contribution in [2.45, 2.75) is 6.42 Å². The zero-order valence-electron chi connectivity index (χ0n) is 13.2. The number of halogens is 2. The number of aromatic nitrogens is 1. The molecule has 0 bridgehead atoms. The molecule has 2 fully saturated rings. The van der Waals surface area contributed by atoms with Crippen LogP contribution >= 0.6 is 24.8 Å². The number of nitrogens with zero attached hydrogens (tertiary/aromatic N) is 3. The molecule has 1 N–H and O–H groups in total. The average Bonchev–Trinajstić information content (AvgIpc) is 3.09. The maximum atomic E-state index is 12.4. The summed E-state index contributed by atoms with van der Waals surface area (Å²) >= 11 is 0. The minimum Gasteiger partial charge on any atom is -0.497 e. The molecule has 3 heterocycles. The fourth-order valence-corrected chi connectivity index (χ4v) is 2.98. The van der Waals surface area contributed by atoms with Crippen LogP contribution in [0.2, 0.25) is 0 Å². The van der Waals surface area contributed by atoms with E-state index in [9.17, 15) is 4.79 Å². The lowest BCUT2D eigenvalue weighted by Crippen LogP contribution is -2.50. The normalized spacial score (nSPS) is 20.5. The van der Waals surface area contributed by atoms with Gasteiger partial charge in [-0.1, -0.05) is 0 Å². The van der Waals surface area contributed by atoms with Crippen molar-refractivity contribution in [1.29, 1.82) is 0 Å². The van der Waals surface area contributed by atoms with E-state index in [2.05, 4.69) is 15.2 Å². The Balaban J connectivity index is 0.00000132. The van der Waals surface area contributed by atoms with Crippen molar-refractivity contribution in [2.75, 3.05) is 51.3 Å². The number of carbonyl (C=O) groups is 1. The molecule has 6 nitrogen and oxygen atoms in total. The van der Waals surface area contributed by atoms with E-state index in [1.165, 1.54) is 0 Å². The maximum absolute atomic E-state index is 12.4. The van der Waals surface area contributed by atoms with Crippen LogP contribution in [0.25, 0.3) is 0 Å². The molecule has 2 saturated heterocycles. The van der Waals surface area contributed by atoms with Crippen molar-refractivity contribution in [2.24, 2.45) is 5.92 Å². The highest BCUT2D eigenvalue weighted by Crippen LogP contribution is 2.20. The first kappa shape index (κ1) is 19.8. The molecule has 0 aliphatic carbocycles. The summed E-state index contributed by atoms with van der Waals surface area (Å²) in [4.78, 5) is 21.0. The summed E-state index contributed by atoms with van der Waals surface area (Å²) in [6.07, 6.45) is 2.73. The minimum atomic E-state index is 0. The third-order valence-electron chi connectivity index (χ3n) is 4.28. The number of hydrogen-bond donors (Lipinski definition) is 1. The molecule has 0 saturated carbocycles. The molecular formula is C15H24Cl2N4O2. The van der Waals surface area contributed by atoms with E-state index in [0.717, 1.165) is 57.3 Å². The van der Waals surface area contributed by atoms with Crippen LogP contribution < -0.4 is 15.0 Å². The molecular weight excluding hydrogens is 339 g/mol. The summed E-state index contributed by atoms with van der Waals surface area (Å²) in [6, 6.07) is 3.79. The van der Waals surface area contributed by atoms with Gasteiger partial charge in [-0.15, -0.1) is 24.8 Å². The Kier molecular flexibility index (Phi) is 7.88. The summed E-state index contributed by atoms with van der Waals surface area (Å²) in [6.45, 7) is 4.99. The number of methoxy groups -OCH3 is 1. The van der Waals surface area contributed by atoms with Crippen LogP contribution in [-0.4, -0.2) is 62.2 Å². The molecule has 1 amide bonds. The molecule has 0 aromatic carbocycles. The van der Waals surface area contributed by atoms with Crippen LogP contribution in [0.3, 0.4) is 0 Å². The zero-order valence-corrected chi connectivity index (χ0v) is 14.9. The number of anilines is 1. The summed E-state index contributed by atoms with van der Waals surface area (Å²) in [5.41, 5.74) is 0. The number of piperazine rings is 1. The summed E-state index contributed by atoms with van der Waals surface area (Å²) in [7, 11) is 1.66. The molecule has 1 aromatic rings. The molecule has 23 heavy (non-hydrogen) atoms. The van der Waals surface area contributed by atoms with E-state index in [0.29, 0.717) is 5.91 Å².